The molecule has 0 aliphatic heterocycles. The van der Waals surface area contributed by atoms with Crippen LogP contribution in [-0.4, -0.2) is 13.0 Å². The minimum Gasteiger partial charge on any atom is -0.377 e. The van der Waals surface area contributed by atoms with Gasteiger partial charge in [0.2, 0.25) is 5.91 Å². The lowest BCUT2D eigenvalue weighted by atomic mass is 9.99. The molecule has 0 aromatic heterocycles. The van der Waals surface area contributed by atoms with Crippen LogP contribution in [0.1, 0.15) is 37.4 Å². The number of carbonyl (C=O) groups is 1. The van der Waals surface area contributed by atoms with Gasteiger partial charge in [0.25, 0.3) is 0 Å². The van der Waals surface area contributed by atoms with Crippen molar-refractivity contribution in [2.45, 2.75) is 31.8 Å². The van der Waals surface area contributed by atoms with Crippen LogP contribution < -0.4 is 5.73 Å². The molecule has 2 N–H and O–H groups in total. The Kier molecular flexibility index (Phi) is 6.63. The Morgan fingerprint density at radius 1 is 1.04 bits per heavy atom. The molecular formula is C19H22ClNO2. The van der Waals surface area contributed by atoms with E-state index in [1.807, 2.05) is 24.3 Å². The summed E-state index contributed by atoms with van der Waals surface area (Å²) in [6.07, 6.45) is 3.08. The largest absolute Gasteiger partial charge is 0.377 e. The van der Waals surface area contributed by atoms with Gasteiger partial charge in [-0.3, -0.25) is 4.79 Å². The third-order valence-electron chi connectivity index (χ3n) is 3.88. The van der Waals surface area contributed by atoms with Crippen LogP contribution in [0.5, 0.6) is 0 Å². The molecule has 0 spiro atoms. The molecule has 0 saturated carbocycles. The summed E-state index contributed by atoms with van der Waals surface area (Å²) in [6, 6.07) is 16.2. The molecule has 1 amide bonds. The van der Waals surface area contributed by atoms with Crippen molar-refractivity contribution in [3.05, 3.63) is 59.1 Å². The average Bonchev–Trinajstić information content (AvgIpc) is 2.56. The van der Waals surface area contributed by atoms with Crippen LogP contribution in [0, 0.1) is 0 Å². The minimum absolute atomic E-state index is 0.0437. The van der Waals surface area contributed by atoms with Crippen molar-refractivity contribution < 1.29 is 9.53 Å². The highest BCUT2D eigenvalue weighted by Crippen LogP contribution is 2.27. The average molecular weight is 332 g/mol. The Labute approximate surface area is 142 Å². The van der Waals surface area contributed by atoms with Gasteiger partial charge in [0.15, 0.2) is 0 Å². The maximum absolute atomic E-state index is 10.8. The van der Waals surface area contributed by atoms with Crippen molar-refractivity contribution >= 4 is 17.5 Å². The van der Waals surface area contributed by atoms with Gasteiger partial charge in [-0.2, -0.15) is 0 Å². The monoisotopic (exact) mass is 331 g/mol. The van der Waals surface area contributed by atoms with E-state index < -0.39 is 0 Å². The van der Waals surface area contributed by atoms with E-state index in [2.05, 4.69) is 24.3 Å². The predicted octanol–water partition coefficient (Wildman–Crippen LogP) is 4.74. The van der Waals surface area contributed by atoms with Crippen molar-refractivity contribution in [3.63, 3.8) is 0 Å². The number of carbonyl (C=O) groups excluding carboxylic acids is 1. The molecule has 2 rings (SSSR count). The standard InChI is InChI=1S/C19H22ClNO2/c1-23-18(4-2-3-5-19(21)22)16-8-6-14(7-9-16)15-10-12-17(20)13-11-15/h6-13,18H,2-5H2,1H3,(H2,21,22). The third-order valence-corrected chi connectivity index (χ3v) is 4.14. The molecular weight excluding hydrogens is 310 g/mol. The summed E-state index contributed by atoms with van der Waals surface area (Å²) in [4.78, 5) is 10.8. The highest BCUT2D eigenvalue weighted by atomic mass is 35.5. The molecule has 0 aliphatic rings. The quantitative estimate of drug-likeness (QED) is 0.710. The van der Waals surface area contributed by atoms with Crippen LogP contribution in [0.15, 0.2) is 48.5 Å². The molecule has 0 saturated heterocycles. The summed E-state index contributed by atoms with van der Waals surface area (Å²) in [7, 11) is 1.71. The van der Waals surface area contributed by atoms with Crippen LogP contribution in [-0.2, 0) is 9.53 Å². The van der Waals surface area contributed by atoms with Gasteiger partial charge in [0.05, 0.1) is 6.10 Å². The number of halogens is 1. The number of methoxy groups -OCH3 is 1. The van der Waals surface area contributed by atoms with Crippen LogP contribution >= 0.6 is 11.6 Å². The smallest absolute Gasteiger partial charge is 0.217 e. The molecule has 1 unspecified atom stereocenters. The highest BCUT2D eigenvalue weighted by molar-refractivity contribution is 6.30. The number of primary amides is 1. The zero-order valence-corrected chi connectivity index (χ0v) is 14.1. The Hall–Kier alpha value is -1.84. The number of nitrogens with two attached hydrogens (primary N) is 1. The molecule has 4 heteroatoms. The second-order valence-electron chi connectivity index (χ2n) is 5.57. The van der Waals surface area contributed by atoms with Crippen molar-refractivity contribution in [3.8, 4) is 11.1 Å². The van der Waals surface area contributed by atoms with Crippen LogP contribution in [0.4, 0.5) is 0 Å². The first-order valence-corrected chi connectivity index (χ1v) is 8.15. The molecule has 3 nitrogen and oxygen atoms in total. The van der Waals surface area contributed by atoms with Gasteiger partial charge in [0, 0.05) is 18.6 Å². The van der Waals surface area contributed by atoms with Crippen molar-refractivity contribution in [1.82, 2.24) is 0 Å². The van der Waals surface area contributed by atoms with E-state index in [-0.39, 0.29) is 12.0 Å². The summed E-state index contributed by atoms with van der Waals surface area (Å²) in [5.41, 5.74) is 8.58. The SMILES string of the molecule is COC(CCCCC(N)=O)c1ccc(-c2ccc(Cl)cc2)cc1. The van der Waals surface area contributed by atoms with Gasteiger partial charge < -0.3 is 10.5 Å². The molecule has 2 aromatic carbocycles. The van der Waals surface area contributed by atoms with Crippen molar-refractivity contribution in [1.29, 1.82) is 0 Å². The molecule has 23 heavy (non-hydrogen) atoms. The van der Waals surface area contributed by atoms with Gasteiger partial charge in [-0.1, -0.05) is 54.4 Å². The van der Waals surface area contributed by atoms with E-state index in [9.17, 15) is 4.79 Å². The summed E-state index contributed by atoms with van der Waals surface area (Å²) in [6.45, 7) is 0. The van der Waals surface area contributed by atoms with Gasteiger partial charge in [-0.25, -0.2) is 0 Å². The van der Waals surface area contributed by atoms with E-state index in [0.29, 0.717) is 6.42 Å². The van der Waals surface area contributed by atoms with Gasteiger partial charge in [-0.15, -0.1) is 0 Å². The predicted molar refractivity (Wildman–Crippen MR) is 94.3 cm³/mol. The van der Waals surface area contributed by atoms with E-state index in [0.717, 1.165) is 41.0 Å². The fraction of sp³-hybridized carbons (Fsp3) is 0.316. The van der Waals surface area contributed by atoms with Crippen LogP contribution in [0.3, 0.4) is 0 Å². The number of ether oxygens (including phenoxy) is 1. The zero-order valence-electron chi connectivity index (χ0n) is 13.3. The molecule has 0 aliphatic carbocycles. The molecule has 0 fully saturated rings. The second kappa shape index (κ2) is 8.70. The highest BCUT2D eigenvalue weighted by Gasteiger charge is 2.10. The van der Waals surface area contributed by atoms with Gasteiger partial charge in [0.1, 0.15) is 0 Å². The van der Waals surface area contributed by atoms with Gasteiger partial charge in [-0.05, 0) is 41.7 Å². The number of unbranched alkanes of at least 4 members (excludes halogenated alkanes) is 1. The first kappa shape index (κ1) is 17.5. The van der Waals surface area contributed by atoms with Gasteiger partial charge >= 0.3 is 0 Å². The van der Waals surface area contributed by atoms with Crippen LogP contribution in [0.2, 0.25) is 5.02 Å². The first-order valence-electron chi connectivity index (χ1n) is 7.77. The van der Waals surface area contributed by atoms with Crippen molar-refractivity contribution in [2.75, 3.05) is 7.11 Å². The fourth-order valence-corrected chi connectivity index (χ4v) is 2.71. The lowest BCUT2D eigenvalue weighted by Crippen LogP contribution is -2.10. The normalized spacial score (nSPS) is 12.1. The molecule has 2 aromatic rings. The fourth-order valence-electron chi connectivity index (χ4n) is 2.58. The first-order chi connectivity index (χ1) is 11.1. The summed E-state index contributed by atoms with van der Waals surface area (Å²) < 4.78 is 5.57. The number of amides is 1. The maximum Gasteiger partial charge on any atom is 0.217 e. The zero-order chi connectivity index (χ0) is 16.7. The number of benzene rings is 2. The lowest BCUT2D eigenvalue weighted by Gasteiger charge is -2.16. The Morgan fingerprint density at radius 2 is 1.61 bits per heavy atom. The van der Waals surface area contributed by atoms with Crippen LogP contribution in [0.25, 0.3) is 11.1 Å². The van der Waals surface area contributed by atoms with E-state index in [4.69, 9.17) is 22.1 Å². The summed E-state index contributed by atoms with van der Waals surface area (Å²) in [5, 5.41) is 0.737. The Morgan fingerprint density at radius 3 is 2.13 bits per heavy atom. The molecule has 122 valence electrons. The molecule has 0 radical (unpaired) electrons. The number of rotatable bonds is 8. The van der Waals surface area contributed by atoms with E-state index >= 15 is 0 Å². The third kappa shape index (κ3) is 5.38. The Bertz CT molecular complexity index is 623. The molecule has 0 bridgehead atoms. The topological polar surface area (TPSA) is 52.3 Å². The maximum atomic E-state index is 10.8. The summed E-state index contributed by atoms with van der Waals surface area (Å²) >= 11 is 5.92. The number of hydrogen-bond acceptors (Lipinski definition) is 2. The summed E-state index contributed by atoms with van der Waals surface area (Å²) in [5.74, 6) is -0.244. The Balaban J connectivity index is 1.99. The number of hydrogen-bond donors (Lipinski definition) is 1. The van der Waals surface area contributed by atoms with E-state index in [1.165, 1.54) is 0 Å². The molecule has 1 atom stereocenters. The minimum atomic E-state index is -0.244. The van der Waals surface area contributed by atoms with E-state index in [1.54, 1.807) is 7.11 Å². The lowest BCUT2D eigenvalue weighted by molar-refractivity contribution is -0.118. The second-order valence-corrected chi connectivity index (χ2v) is 6.00. The van der Waals surface area contributed by atoms with Crippen molar-refractivity contribution in [2.24, 2.45) is 5.73 Å². The molecule has 0 heterocycles.